The van der Waals surface area contributed by atoms with Gasteiger partial charge < -0.3 is 4.42 Å². The molecule has 0 N–H and O–H groups in total. The Morgan fingerprint density at radius 2 is 1.67 bits per heavy atom. The summed E-state index contributed by atoms with van der Waals surface area (Å²) in [4.78, 5) is 11.4. The number of carbonyl (C=O) groups excluding carboxylic acids is 1. The molecule has 0 radical (unpaired) electrons. The van der Waals surface area contributed by atoms with E-state index in [-0.39, 0.29) is 0 Å². The van der Waals surface area contributed by atoms with E-state index in [2.05, 4.69) is 41.4 Å². The molecule has 0 amide bonds. The maximum atomic E-state index is 11.4. The van der Waals surface area contributed by atoms with Crippen molar-refractivity contribution in [2.75, 3.05) is 0 Å². The lowest BCUT2D eigenvalue weighted by molar-refractivity contribution is 0.112. The maximum Gasteiger partial charge on any atom is 0.248 e. The van der Waals surface area contributed by atoms with Crippen molar-refractivity contribution in [2.45, 2.75) is 44.9 Å². The first-order chi connectivity index (χ1) is 14.8. The minimum absolute atomic E-state index is 0.361. The molecule has 0 saturated carbocycles. The Hall–Kier alpha value is -3.27. The highest BCUT2D eigenvalue weighted by Gasteiger charge is 2.18. The van der Waals surface area contributed by atoms with Crippen LogP contribution in [0.25, 0.3) is 22.2 Å². The molecular weight excluding hydrogens is 372 g/mol. The van der Waals surface area contributed by atoms with Gasteiger partial charge in [0.2, 0.25) is 11.8 Å². The Bertz CT molecular complexity index is 1120. The third-order valence-electron chi connectivity index (χ3n) is 5.63. The van der Waals surface area contributed by atoms with Crippen LogP contribution >= 0.6 is 0 Å². The number of unbranched alkanes of at least 4 members (excludes halogenated alkanes) is 2. The number of fused-ring (bicyclic) bond motifs is 1. The molecule has 1 heterocycles. The molecule has 0 aliphatic carbocycles. The van der Waals surface area contributed by atoms with Crippen LogP contribution in [0.3, 0.4) is 0 Å². The number of benzene rings is 3. The van der Waals surface area contributed by atoms with Crippen molar-refractivity contribution in [3.05, 3.63) is 83.7 Å². The van der Waals surface area contributed by atoms with Crippen LogP contribution < -0.4 is 0 Å². The first kappa shape index (κ1) is 20.0. The Morgan fingerprint density at radius 3 is 2.43 bits per heavy atom. The van der Waals surface area contributed by atoms with E-state index in [1.165, 1.54) is 24.8 Å². The molecule has 4 aromatic rings. The molecule has 0 fully saturated rings. The van der Waals surface area contributed by atoms with Gasteiger partial charge in [0, 0.05) is 17.5 Å². The van der Waals surface area contributed by atoms with E-state index >= 15 is 0 Å². The van der Waals surface area contributed by atoms with Crippen LogP contribution in [0.5, 0.6) is 0 Å². The molecule has 3 aromatic carbocycles. The number of aldehydes is 1. The van der Waals surface area contributed by atoms with Gasteiger partial charge in [-0.15, -0.1) is 10.2 Å². The van der Waals surface area contributed by atoms with Crippen LogP contribution in [0, 0.1) is 0 Å². The second kappa shape index (κ2) is 9.49. The number of carbonyl (C=O) groups is 1. The Labute approximate surface area is 177 Å². The topological polar surface area (TPSA) is 56.0 Å². The van der Waals surface area contributed by atoms with Gasteiger partial charge in [0.1, 0.15) is 0 Å². The van der Waals surface area contributed by atoms with Crippen molar-refractivity contribution in [1.82, 2.24) is 10.2 Å². The lowest BCUT2D eigenvalue weighted by Gasteiger charge is -2.15. The number of nitrogens with zero attached hydrogens (tertiary/aromatic N) is 2. The third kappa shape index (κ3) is 4.33. The van der Waals surface area contributed by atoms with Crippen molar-refractivity contribution in [2.24, 2.45) is 0 Å². The summed E-state index contributed by atoms with van der Waals surface area (Å²) >= 11 is 0. The van der Waals surface area contributed by atoms with E-state index in [0.29, 0.717) is 23.3 Å². The first-order valence-corrected chi connectivity index (χ1v) is 10.6. The van der Waals surface area contributed by atoms with Crippen LogP contribution in [-0.4, -0.2) is 16.5 Å². The fourth-order valence-corrected chi connectivity index (χ4v) is 4.02. The van der Waals surface area contributed by atoms with Crippen LogP contribution in [0.2, 0.25) is 0 Å². The van der Waals surface area contributed by atoms with Crippen molar-refractivity contribution >= 4 is 17.1 Å². The largest absolute Gasteiger partial charge is 0.421 e. The molecule has 0 aliphatic heterocycles. The molecule has 1 unspecified atom stereocenters. The summed E-state index contributed by atoms with van der Waals surface area (Å²) in [5.41, 5.74) is 2.83. The maximum absolute atomic E-state index is 11.4. The van der Waals surface area contributed by atoms with Gasteiger partial charge in [-0.05, 0) is 34.7 Å². The summed E-state index contributed by atoms with van der Waals surface area (Å²) in [6, 6.07) is 22.1. The predicted octanol–water partition coefficient (Wildman–Crippen LogP) is 6.61. The van der Waals surface area contributed by atoms with Gasteiger partial charge in [0.15, 0.2) is 6.29 Å². The average Bonchev–Trinajstić information content (AvgIpc) is 3.26. The van der Waals surface area contributed by atoms with E-state index in [4.69, 9.17) is 4.42 Å². The zero-order valence-electron chi connectivity index (χ0n) is 17.3. The molecule has 4 heteroatoms. The molecule has 1 atom stereocenters. The molecule has 0 spiro atoms. The highest BCUT2D eigenvalue weighted by atomic mass is 16.4. The molecule has 4 rings (SSSR count). The number of hydrogen-bond acceptors (Lipinski definition) is 4. The van der Waals surface area contributed by atoms with Gasteiger partial charge in [-0.2, -0.15) is 0 Å². The van der Waals surface area contributed by atoms with Gasteiger partial charge in [-0.3, -0.25) is 4.79 Å². The Kier molecular flexibility index (Phi) is 6.33. The predicted molar refractivity (Wildman–Crippen MR) is 120 cm³/mol. The highest BCUT2D eigenvalue weighted by Crippen LogP contribution is 2.31. The minimum atomic E-state index is 0.361. The number of rotatable bonds is 9. The monoisotopic (exact) mass is 398 g/mol. The molecule has 4 nitrogen and oxygen atoms in total. The van der Waals surface area contributed by atoms with Crippen molar-refractivity contribution in [3.8, 4) is 11.5 Å². The number of hydrogen-bond donors (Lipinski definition) is 0. The summed E-state index contributed by atoms with van der Waals surface area (Å²) in [5, 5.41) is 10.5. The lowest BCUT2D eigenvalue weighted by atomic mass is 9.90. The van der Waals surface area contributed by atoms with E-state index in [0.717, 1.165) is 35.5 Å². The smallest absolute Gasteiger partial charge is 0.248 e. The Morgan fingerprint density at radius 1 is 0.900 bits per heavy atom. The van der Waals surface area contributed by atoms with E-state index in [1.807, 2.05) is 42.5 Å². The molecular formula is C26H26N2O2. The summed E-state index contributed by atoms with van der Waals surface area (Å²) in [7, 11) is 0. The number of aromatic nitrogens is 2. The van der Waals surface area contributed by atoms with Gasteiger partial charge >= 0.3 is 0 Å². The van der Waals surface area contributed by atoms with Crippen LogP contribution in [0.4, 0.5) is 0 Å². The van der Waals surface area contributed by atoms with Gasteiger partial charge in [-0.25, -0.2) is 0 Å². The summed E-state index contributed by atoms with van der Waals surface area (Å²) in [6.07, 6.45) is 6.34. The first-order valence-electron chi connectivity index (χ1n) is 10.6. The fraction of sp³-hybridized carbons (Fsp3) is 0.269. The molecule has 0 bridgehead atoms. The fourth-order valence-electron chi connectivity index (χ4n) is 4.02. The zero-order valence-corrected chi connectivity index (χ0v) is 17.3. The second-order valence-corrected chi connectivity index (χ2v) is 7.67. The summed E-state index contributed by atoms with van der Waals surface area (Å²) in [5.74, 6) is 1.51. The third-order valence-corrected chi connectivity index (χ3v) is 5.63. The molecule has 1 aromatic heterocycles. The second-order valence-electron chi connectivity index (χ2n) is 7.67. The lowest BCUT2D eigenvalue weighted by Crippen LogP contribution is -2.03. The van der Waals surface area contributed by atoms with Crippen LogP contribution in [0.1, 0.15) is 60.3 Å². The standard InChI is InChI=1S/C26H26N2O2/c1-2-3-5-12-20(19-10-6-4-7-11-19)17-25-27-28-26(30-25)24-16-15-21(18-29)22-13-8-9-14-23(22)24/h4,6-11,13-16,18,20H,2-3,5,12,17H2,1H3. The van der Waals surface area contributed by atoms with Gasteiger partial charge in [-0.1, -0.05) is 86.8 Å². The average molecular weight is 399 g/mol. The van der Waals surface area contributed by atoms with E-state index in [1.54, 1.807) is 0 Å². The van der Waals surface area contributed by atoms with Gasteiger partial charge in [0.05, 0.1) is 0 Å². The van der Waals surface area contributed by atoms with E-state index < -0.39 is 0 Å². The summed E-state index contributed by atoms with van der Waals surface area (Å²) in [6.45, 7) is 2.22. The molecule has 30 heavy (non-hydrogen) atoms. The Balaban J connectivity index is 1.62. The van der Waals surface area contributed by atoms with Gasteiger partial charge in [0.25, 0.3) is 0 Å². The molecule has 152 valence electrons. The van der Waals surface area contributed by atoms with Crippen molar-refractivity contribution in [1.29, 1.82) is 0 Å². The van der Waals surface area contributed by atoms with Crippen molar-refractivity contribution in [3.63, 3.8) is 0 Å². The van der Waals surface area contributed by atoms with Crippen LogP contribution in [0.15, 0.2) is 71.1 Å². The van der Waals surface area contributed by atoms with Crippen molar-refractivity contribution < 1.29 is 9.21 Å². The van der Waals surface area contributed by atoms with Crippen LogP contribution in [-0.2, 0) is 6.42 Å². The minimum Gasteiger partial charge on any atom is -0.421 e. The highest BCUT2D eigenvalue weighted by molar-refractivity contribution is 6.04. The summed E-state index contributed by atoms with van der Waals surface area (Å²) < 4.78 is 6.10. The van der Waals surface area contributed by atoms with E-state index in [9.17, 15) is 4.79 Å². The quantitative estimate of drug-likeness (QED) is 0.235. The molecule has 0 saturated heterocycles. The SMILES string of the molecule is CCCCCC(Cc1nnc(-c2ccc(C=O)c3ccccc23)o1)c1ccccc1. The normalized spacial score (nSPS) is 12.2. The zero-order chi connectivity index (χ0) is 20.8. The molecule has 0 aliphatic rings.